The highest BCUT2D eigenvalue weighted by molar-refractivity contribution is 7.19. The van der Waals surface area contributed by atoms with Gasteiger partial charge in [0.15, 0.2) is 6.29 Å². The van der Waals surface area contributed by atoms with Crippen LogP contribution in [-0.2, 0) is 0 Å². The lowest BCUT2D eigenvalue weighted by Crippen LogP contribution is -1.82. The third-order valence-corrected chi connectivity index (χ3v) is 3.55. The Labute approximate surface area is 85.2 Å². The molecule has 72 valence electrons. The van der Waals surface area contributed by atoms with Crippen molar-refractivity contribution in [3.63, 3.8) is 0 Å². The van der Waals surface area contributed by atoms with Crippen LogP contribution in [0.3, 0.4) is 0 Å². The number of hydrogen-bond donors (Lipinski definition) is 0. The maximum absolute atomic E-state index is 13.1. The van der Waals surface area contributed by atoms with Crippen molar-refractivity contribution in [2.24, 2.45) is 0 Å². The number of thiophene rings is 1. The van der Waals surface area contributed by atoms with E-state index in [1.165, 1.54) is 12.1 Å². The molecule has 2 rings (SSSR count). The highest BCUT2D eigenvalue weighted by Crippen LogP contribution is 2.32. The normalized spacial score (nSPS) is 10.8. The number of fused-ring (bicyclic) bond motifs is 1. The molecule has 3 heteroatoms. The molecule has 0 fully saturated rings. The van der Waals surface area contributed by atoms with Gasteiger partial charge in [0.25, 0.3) is 0 Å². The van der Waals surface area contributed by atoms with Crippen LogP contribution in [0.1, 0.15) is 20.8 Å². The summed E-state index contributed by atoms with van der Waals surface area (Å²) in [6.45, 7) is 3.74. The largest absolute Gasteiger partial charge is 0.298 e. The van der Waals surface area contributed by atoms with E-state index in [1.54, 1.807) is 11.3 Å². The van der Waals surface area contributed by atoms with Crippen LogP contribution in [0.25, 0.3) is 10.1 Å². The van der Waals surface area contributed by atoms with Gasteiger partial charge < -0.3 is 0 Å². The molecule has 0 aliphatic carbocycles. The van der Waals surface area contributed by atoms with Gasteiger partial charge in [-0.1, -0.05) is 0 Å². The first kappa shape index (κ1) is 9.34. The zero-order valence-corrected chi connectivity index (χ0v) is 8.74. The summed E-state index contributed by atoms with van der Waals surface area (Å²) in [7, 11) is 0. The molecule has 0 radical (unpaired) electrons. The highest BCUT2D eigenvalue weighted by Gasteiger charge is 2.11. The third-order valence-electron chi connectivity index (χ3n) is 2.28. The van der Waals surface area contributed by atoms with Gasteiger partial charge >= 0.3 is 0 Å². The molecule has 0 N–H and O–H groups in total. The molecule has 2 aromatic rings. The Hall–Kier alpha value is -1.22. The Bertz CT molecular complexity index is 513. The summed E-state index contributed by atoms with van der Waals surface area (Å²) in [6.07, 6.45) is 0.799. The summed E-state index contributed by atoms with van der Waals surface area (Å²) in [4.78, 5) is 11.8. The fourth-order valence-corrected chi connectivity index (χ4v) is 2.68. The van der Waals surface area contributed by atoms with Gasteiger partial charge in [0.2, 0.25) is 0 Å². The van der Waals surface area contributed by atoms with E-state index in [-0.39, 0.29) is 5.82 Å². The van der Waals surface area contributed by atoms with Crippen LogP contribution in [0.5, 0.6) is 0 Å². The Kier molecular flexibility index (Phi) is 2.11. The monoisotopic (exact) mass is 208 g/mol. The topological polar surface area (TPSA) is 17.1 Å². The van der Waals surface area contributed by atoms with E-state index in [2.05, 4.69) is 0 Å². The number of carbonyl (C=O) groups excluding carboxylic acids is 1. The van der Waals surface area contributed by atoms with Crippen molar-refractivity contribution < 1.29 is 9.18 Å². The first-order valence-electron chi connectivity index (χ1n) is 4.28. The van der Waals surface area contributed by atoms with Crippen molar-refractivity contribution in [2.45, 2.75) is 13.8 Å². The minimum absolute atomic E-state index is 0.282. The van der Waals surface area contributed by atoms with E-state index < -0.39 is 0 Å². The molecule has 0 spiro atoms. The quantitative estimate of drug-likeness (QED) is 0.656. The summed E-state index contributed by atoms with van der Waals surface area (Å²) in [6, 6.07) is 2.92. The zero-order valence-electron chi connectivity index (χ0n) is 7.93. The van der Waals surface area contributed by atoms with Crippen LogP contribution in [0.4, 0.5) is 4.39 Å². The Morgan fingerprint density at radius 1 is 1.36 bits per heavy atom. The van der Waals surface area contributed by atoms with Crippen LogP contribution in [0.15, 0.2) is 12.1 Å². The number of aldehydes is 1. The van der Waals surface area contributed by atoms with Gasteiger partial charge in [0, 0.05) is 20.5 Å². The van der Waals surface area contributed by atoms with Gasteiger partial charge in [-0.2, -0.15) is 0 Å². The Balaban J connectivity index is 2.94. The molecule has 0 saturated heterocycles. The molecule has 0 atom stereocenters. The lowest BCUT2D eigenvalue weighted by Gasteiger charge is -1.96. The van der Waals surface area contributed by atoms with Crippen LogP contribution in [-0.4, -0.2) is 6.29 Å². The summed E-state index contributed by atoms with van der Waals surface area (Å²) in [5.74, 6) is -0.282. The van der Waals surface area contributed by atoms with Crippen molar-refractivity contribution in [1.82, 2.24) is 0 Å². The minimum atomic E-state index is -0.282. The summed E-state index contributed by atoms with van der Waals surface area (Å²) in [5, 5.41) is 0.736. The SMILES string of the molecule is Cc1sc2c(C)cc(F)cc2c1C=O. The molecule has 1 aromatic carbocycles. The van der Waals surface area contributed by atoms with Crippen molar-refractivity contribution in [3.8, 4) is 0 Å². The smallest absolute Gasteiger partial charge is 0.151 e. The van der Waals surface area contributed by atoms with E-state index in [9.17, 15) is 9.18 Å². The number of benzene rings is 1. The molecular weight excluding hydrogens is 199 g/mol. The maximum Gasteiger partial charge on any atom is 0.151 e. The third kappa shape index (κ3) is 1.24. The second-order valence-corrected chi connectivity index (χ2v) is 4.51. The average Bonchev–Trinajstić information content (AvgIpc) is 2.41. The van der Waals surface area contributed by atoms with Crippen molar-refractivity contribution in [2.75, 3.05) is 0 Å². The maximum atomic E-state index is 13.1. The van der Waals surface area contributed by atoms with Crippen molar-refractivity contribution in [1.29, 1.82) is 0 Å². The van der Waals surface area contributed by atoms with E-state index >= 15 is 0 Å². The number of halogens is 1. The molecule has 1 aromatic heterocycles. The van der Waals surface area contributed by atoms with Gasteiger partial charge in [0.1, 0.15) is 5.82 Å². The molecule has 1 heterocycles. The lowest BCUT2D eigenvalue weighted by molar-refractivity contribution is 0.112. The first-order chi connectivity index (χ1) is 6.63. The number of aryl methyl sites for hydroxylation is 2. The second kappa shape index (κ2) is 3.17. The Morgan fingerprint density at radius 3 is 2.71 bits per heavy atom. The molecule has 14 heavy (non-hydrogen) atoms. The van der Waals surface area contributed by atoms with E-state index in [1.807, 2.05) is 13.8 Å². The fourth-order valence-electron chi connectivity index (χ4n) is 1.61. The van der Waals surface area contributed by atoms with Gasteiger partial charge in [0.05, 0.1) is 0 Å². The van der Waals surface area contributed by atoms with Crippen LogP contribution < -0.4 is 0 Å². The Morgan fingerprint density at radius 2 is 2.07 bits per heavy atom. The zero-order chi connectivity index (χ0) is 10.3. The minimum Gasteiger partial charge on any atom is -0.298 e. The number of rotatable bonds is 1. The van der Waals surface area contributed by atoms with Gasteiger partial charge in [-0.05, 0) is 31.5 Å². The molecule has 0 amide bonds. The van der Waals surface area contributed by atoms with Crippen molar-refractivity contribution >= 4 is 27.7 Å². The van der Waals surface area contributed by atoms with Gasteiger partial charge in [-0.15, -0.1) is 11.3 Å². The standard InChI is InChI=1S/C11H9FOS/c1-6-3-8(12)4-9-10(5-13)7(2)14-11(6)9/h3-5H,1-2H3. The molecule has 1 nitrogen and oxygen atoms in total. The lowest BCUT2D eigenvalue weighted by atomic mass is 10.1. The van der Waals surface area contributed by atoms with E-state index in [0.717, 1.165) is 26.8 Å². The second-order valence-electron chi connectivity index (χ2n) is 3.29. The number of carbonyl (C=O) groups is 1. The van der Waals surface area contributed by atoms with Crippen LogP contribution in [0.2, 0.25) is 0 Å². The average molecular weight is 208 g/mol. The van der Waals surface area contributed by atoms with Gasteiger partial charge in [-0.25, -0.2) is 4.39 Å². The predicted octanol–water partition coefficient (Wildman–Crippen LogP) is 3.47. The summed E-state index contributed by atoms with van der Waals surface area (Å²) < 4.78 is 14.1. The molecule has 0 unspecified atom stereocenters. The number of hydrogen-bond acceptors (Lipinski definition) is 2. The van der Waals surface area contributed by atoms with E-state index in [0.29, 0.717) is 5.56 Å². The summed E-state index contributed by atoms with van der Waals surface area (Å²) in [5.41, 5.74) is 1.51. The molecule has 0 saturated carbocycles. The molecule has 0 bridgehead atoms. The van der Waals surface area contributed by atoms with Crippen LogP contribution in [0, 0.1) is 19.7 Å². The summed E-state index contributed by atoms with van der Waals surface area (Å²) >= 11 is 1.54. The molecular formula is C11H9FOS. The van der Waals surface area contributed by atoms with Crippen molar-refractivity contribution in [3.05, 3.63) is 34.0 Å². The highest BCUT2D eigenvalue weighted by atomic mass is 32.1. The van der Waals surface area contributed by atoms with E-state index in [4.69, 9.17) is 0 Å². The predicted molar refractivity (Wildman–Crippen MR) is 56.6 cm³/mol. The molecule has 0 aliphatic rings. The van der Waals surface area contributed by atoms with Gasteiger partial charge in [-0.3, -0.25) is 4.79 Å². The first-order valence-corrected chi connectivity index (χ1v) is 5.09. The molecule has 0 aliphatic heterocycles. The fraction of sp³-hybridized carbons (Fsp3) is 0.182. The van der Waals surface area contributed by atoms with Crippen LogP contribution >= 0.6 is 11.3 Å².